The predicted molar refractivity (Wildman–Crippen MR) is 42.5 cm³/mol. The van der Waals surface area contributed by atoms with E-state index in [0.717, 1.165) is 0 Å². The Hall–Kier alpha value is -1.13. The molecule has 0 saturated carbocycles. The summed E-state index contributed by atoms with van der Waals surface area (Å²) in [5, 5.41) is 0. The third-order valence-electron chi connectivity index (χ3n) is 1.25. The number of ether oxygens (including phenoxy) is 1. The molecule has 0 N–H and O–H groups in total. The van der Waals surface area contributed by atoms with E-state index in [1.165, 1.54) is 6.92 Å². The number of carbonyl (C=O) groups is 2. The molecule has 1 radical (unpaired) electrons. The normalized spacial score (nSPS) is 8.38. The first kappa shape index (κ1) is 11.9. The molecular weight excluding hydrogens is 215 g/mol. The van der Waals surface area contributed by atoms with Crippen molar-refractivity contribution in [3.8, 4) is 0 Å². The van der Waals surface area contributed by atoms with Gasteiger partial charge in [0.15, 0.2) is 0 Å². The minimum atomic E-state index is -0.608. The van der Waals surface area contributed by atoms with Crippen molar-refractivity contribution in [3.05, 3.63) is 35.9 Å². The van der Waals surface area contributed by atoms with Gasteiger partial charge in [-0.2, -0.15) is 0 Å². The minimum Gasteiger partial charge on any atom is -0.390 e. The quantitative estimate of drug-likeness (QED) is 0.533. The van der Waals surface area contributed by atoms with Crippen molar-refractivity contribution < 1.29 is 31.1 Å². The Bertz CT molecular complexity index is 295. The molecule has 4 heteroatoms. The monoisotopic (exact) mass is 223 g/mol. The van der Waals surface area contributed by atoms with E-state index in [1.54, 1.807) is 30.3 Å². The fourth-order valence-corrected chi connectivity index (χ4v) is 0.764. The molecule has 1 aromatic rings. The van der Waals surface area contributed by atoms with E-state index < -0.39 is 11.9 Å². The first-order valence-electron chi connectivity index (χ1n) is 3.48. The van der Waals surface area contributed by atoms with E-state index >= 15 is 0 Å². The zero-order valence-corrected chi connectivity index (χ0v) is 7.99. The third kappa shape index (κ3) is 3.87. The zero-order valence-electron chi connectivity index (χ0n) is 6.94. The van der Waals surface area contributed by atoms with Crippen LogP contribution in [-0.4, -0.2) is 11.9 Å². The number of hydrogen-bond acceptors (Lipinski definition) is 3. The van der Waals surface area contributed by atoms with Crippen molar-refractivity contribution in [1.29, 1.82) is 0 Å². The summed E-state index contributed by atoms with van der Waals surface area (Å²) < 4.78 is 4.36. The molecule has 13 heavy (non-hydrogen) atoms. The first-order chi connectivity index (χ1) is 5.70. The summed E-state index contributed by atoms with van der Waals surface area (Å²) >= 11 is 0. The smallest absolute Gasteiger partial charge is 0.345 e. The maximum atomic E-state index is 11.0. The second-order valence-corrected chi connectivity index (χ2v) is 2.25. The van der Waals surface area contributed by atoms with Crippen molar-refractivity contribution in [3.63, 3.8) is 0 Å². The second kappa shape index (κ2) is 5.50. The van der Waals surface area contributed by atoms with Crippen molar-refractivity contribution in [2.75, 3.05) is 0 Å². The van der Waals surface area contributed by atoms with Gasteiger partial charge >= 0.3 is 11.9 Å². The summed E-state index contributed by atoms with van der Waals surface area (Å²) in [6, 6.07) is 8.37. The molecule has 0 bridgehead atoms. The molecule has 0 aliphatic carbocycles. The predicted octanol–water partition coefficient (Wildman–Crippen LogP) is 1.39. The summed E-state index contributed by atoms with van der Waals surface area (Å²) in [6.07, 6.45) is 0. The Kier molecular flexibility index (Phi) is 5.02. The van der Waals surface area contributed by atoms with E-state index in [1.807, 2.05) is 0 Å². The van der Waals surface area contributed by atoms with Gasteiger partial charge in [-0.05, 0) is 12.1 Å². The van der Waals surface area contributed by atoms with Crippen LogP contribution in [0.25, 0.3) is 0 Å². The molecule has 0 aliphatic heterocycles. The van der Waals surface area contributed by atoms with E-state index in [0.29, 0.717) is 5.56 Å². The Morgan fingerprint density at radius 3 is 2.15 bits per heavy atom. The van der Waals surface area contributed by atoms with Crippen LogP contribution in [-0.2, 0) is 26.3 Å². The number of esters is 2. The van der Waals surface area contributed by atoms with Crippen LogP contribution in [0.3, 0.4) is 0 Å². The van der Waals surface area contributed by atoms with Gasteiger partial charge in [-0.1, -0.05) is 18.2 Å². The van der Waals surface area contributed by atoms with Crippen LogP contribution >= 0.6 is 0 Å². The van der Waals surface area contributed by atoms with Crippen LogP contribution in [0.1, 0.15) is 17.3 Å². The molecule has 71 valence electrons. The standard InChI is InChI=1S/C9H8O3.Co/c1-7(10)12-9(11)8-5-3-2-4-6-8;/h2-6H,1H3;. The topological polar surface area (TPSA) is 43.4 Å². The second-order valence-electron chi connectivity index (χ2n) is 2.25. The number of hydrogen-bond donors (Lipinski definition) is 0. The van der Waals surface area contributed by atoms with Crippen LogP contribution in [0.15, 0.2) is 30.3 Å². The van der Waals surface area contributed by atoms with Crippen LogP contribution in [0.4, 0.5) is 0 Å². The minimum absolute atomic E-state index is 0. The van der Waals surface area contributed by atoms with E-state index in [2.05, 4.69) is 4.74 Å². The summed E-state index contributed by atoms with van der Waals surface area (Å²) in [7, 11) is 0. The Morgan fingerprint density at radius 1 is 1.15 bits per heavy atom. The molecule has 0 heterocycles. The van der Waals surface area contributed by atoms with Crippen molar-refractivity contribution in [2.24, 2.45) is 0 Å². The van der Waals surface area contributed by atoms with E-state index in [9.17, 15) is 9.59 Å². The van der Waals surface area contributed by atoms with Crippen LogP contribution in [0, 0.1) is 0 Å². The van der Waals surface area contributed by atoms with Crippen molar-refractivity contribution in [2.45, 2.75) is 6.92 Å². The van der Waals surface area contributed by atoms with Crippen LogP contribution < -0.4 is 0 Å². The molecule has 0 fully saturated rings. The van der Waals surface area contributed by atoms with Gasteiger partial charge in [0, 0.05) is 23.7 Å². The average Bonchev–Trinajstić information content (AvgIpc) is 2.05. The molecule has 3 nitrogen and oxygen atoms in total. The molecule has 0 saturated heterocycles. The van der Waals surface area contributed by atoms with Gasteiger partial charge in [0.2, 0.25) is 0 Å². The van der Waals surface area contributed by atoms with Gasteiger partial charge in [0.1, 0.15) is 0 Å². The van der Waals surface area contributed by atoms with Gasteiger partial charge < -0.3 is 4.74 Å². The van der Waals surface area contributed by atoms with Gasteiger partial charge in [0.25, 0.3) is 0 Å². The van der Waals surface area contributed by atoms with Gasteiger partial charge in [-0.3, -0.25) is 4.79 Å². The molecular formula is C9H8CoO3. The number of benzene rings is 1. The van der Waals surface area contributed by atoms with Crippen molar-refractivity contribution >= 4 is 11.9 Å². The molecule has 0 aromatic heterocycles. The van der Waals surface area contributed by atoms with Gasteiger partial charge in [-0.15, -0.1) is 0 Å². The van der Waals surface area contributed by atoms with Gasteiger partial charge in [-0.25, -0.2) is 4.79 Å². The molecule has 0 atom stereocenters. The maximum Gasteiger partial charge on any atom is 0.345 e. The summed E-state index contributed by atoms with van der Waals surface area (Å²) in [5.74, 6) is -1.20. The largest absolute Gasteiger partial charge is 0.390 e. The summed E-state index contributed by atoms with van der Waals surface area (Å²) in [5.41, 5.74) is 0.382. The molecule has 0 amide bonds. The number of rotatable bonds is 1. The molecule has 0 unspecified atom stereocenters. The van der Waals surface area contributed by atoms with E-state index in [4.69, 9.17) is 0 Å². The van der Waals surface area contributed by atoms with Crippen LogP contribution in [0.5, 0.6) is 0 Å². The van der Waals surface area contributed by atoms with E-state index in [-0.39, 0.29) is 16.8 Å². The molecule has 1 rings (SSSR count). The molecule has 0 aliphatic rings. The van der Waals surface area contributed by atoms with Gasteiger partial charge in [0.05, 0.1) is 5.56 Å². The Morgan fingerprint density at radius 2 is 1.69 bits per heavy atom. The average molecular weight is 223 g/mol. The fourth-order valence-electron chi connectivity index (χ4n) is 0.764. The Balaban J connectivity index is 0.00000144. The van der Waals surface area contributed by atoms with Crippen molar-refractivity contribution in [1.82, 2.24) is 0 Å². The summed E-state index contributed by atoms with van der Waals surface area (Å²) in [4.78, 5) is 21.4. The molecule has 1 aromatic carbocycles. The molecule has 0 spiro atoms. The third-order valence-corrected chi connectivity index (χ3v) is 1.25. The Labute approximate surface area is 86.3 Å². The summed E-state index contributed by atoms with van der Waals surface area (Å²) in [6.45, 7) is 1.20. The number of carbonyl (C=O) groups excluding carboxylic acids is 2. The first-order valence-corrected chi connectivity index (χ1v) is 3.48. The fraction of sp³-hybridized carbons (Fsp3) is 0.111. The maximum absolute atomic E-state index is 11.0. The SMILES string of the molecule is CC(=O)OC(=O)c1ccccc1.[Co]. The zero-order chi connectivity index (χ0) is 8.97. The van der Waals surface area contributed by atoms with Crippen LogP contribution in [0.2, 0.25) is 0 Å².